The predicted molar refractivity (Wildman–Crippen MR) is 150 cm³/mol. The average Bonchev–Trinajstić information content (AvgIpc) is 3.58. The van der Waals surface area contributed by atoms with Gasteiger partial charge in [0, 0.05) is 12.1 Å². The first-order valence-electron chi connectivity index (χ1n) is 13.5. The highest BCUT2D eigenvalue weighted by atomic mass is 127. The van der Waals surface area contributed by atoms with Gasteiger partial charge >= 0.3 is 0 Å². The summed E-state index contributed by atoms with van der Waals surface area (Å²) in [4.78, 5) is 0. The number of aryl methyl sites for hydroxylation is 2. The molecule has 4 aromatic heterocycles. The summed E-state index contributed by atoms with van der Waals surface area (Å²) in [6.07, 6.45) is 20.3. The largest absolute Gasteiger partial charge is 1.00 e. The quantitative estimate of drug-likeness (QED) is 0.0833. The molecule has 0 N–H and O–H groups in total. The molecule has 218 valence electrons. The summed E-state index contributed by atoms with van der Waals surface area (Å²) in [5.41, 5.74) is 3.75. The number of aromatic nitrogens is 6. The first-order chi connectivity index (χ1) is 18.7. The summed E-state index contributed by atoms with van der Waals surface area (Å²) in [5, 5.41) is 0. The van der Waals surface area contributed by atoms with Gasteiger partial charge in [-0.2, -0.15) is 8.75 Å². The van der Waals surface area contributed by atoms with Crippen molar-refractivity contribution in [2.24, 2.45) is 14.1 Å². The molecule has 0 spiro atoms. The van der Waals surface area contributed by atoms with Crippen LogP contribution in [0.5, 0.6) is 11.8 Å². The number of ether oxygens (including phenoxy) is 2. The van der Waals surface area contributed by atoms with Crippen molar-refractivity contribution in [3.63, 3.8) is 0 Å². The molecule has 0 saturated carbocycles. The van der Waals surface area contributed by atoms with E-state index in [0.29, 0.717) is 25.0 Å². The molecule has 0 aromatic carbocycles. The number of hydrogen-bond donors (Lipinski definition) is 0. The smallest absolute Gasteiger partial charge is 0.254 e. The molecule has 0 aliphatic carbocycles. The highest BCUT2D eigenvalue weighted by Gasteiger charge is 2.15. The van der Waals surface area contributed by atoms with E-state index < -0.39 is 0 Å². The molecule has 12 heteroatoms. The molecule has 0 aliphatic rings. The summed E-state index contributed by atoms with van der Waals surface area (Å²) in [5.74, 6) is 1.31. The van der Waals surface area contributed by atoms with E-state index in [9.17, 15) is 0 Å². The van der Waals surface area contributed by atoms with Crippen LogP contribution in [0, 0.1) is 0 Å². The van der Waals surface area contributed by atoms with Gasteiger partial charge in [-0.3, -0.25) is 0 Å². The minimum Gasteiger partial charge on any atom is -1.00 e. The number of hydrogen-bond acceptors (Lipinski definition) is 8. The van der Waals surface area contributed by atoms with Crippen LogP contribution < -0.4 is 66.6 Å². The monoisotopic (exact) mass is 808 g/mol. The molecule has 0 bridgehead atoms. The fourth-order valence-electron chi connectivity index (χ4n) is 4.31. The van der Waals surface area contributed by atoms with Crippen molar-refractivity contribution in [3.8, 4) is 34.3 Å². The Balaban J connectivity index is 0.00000280. The van der Waals surface area contributed by atoms with E-state index in [0.717, 1.165) is 35.4 Å². The molecule has 0 aliphatic heterocycles. The molecule has 0 radical (unpaired) electrons. The molecule has 4 heterocycles. The average molecular weight is 809 g/mol. The lowest BCUT2D eigenvalue weighted by atomic mass is 10.1. The summed E-state index contributed by atoms with van der Waals surface area (Å²) in [6.45, 7) is 1.39. The van der Waals surface area contributed by atoms with Gasteiger partial charge in [-0.05, 0) is 25.0 Å². The maximum atomic E-state index is 5.93. The van der Waals surface area contributed by atoms with Crippen molar-refractivity contribution in [1.82, 2.24) is 17.5 Å². The lowest BCUT2D eigenvalue weighted by Crippen LogP contribution is -3.00. The minimum absolute atomic E-state index is 0. The van der Waals surface area contributed by atoms with Gasteiger partial charge in [-0.1, -0.05) is 51.4 Å². The third-order valence-corrected chi connectivity index (χ3v) is 7.38. The van der Waals surface area contributed by atoms with Crippen LogP contribution in [0.25, 0.3) is 22.5 Å². The fourth-order valence-corrected chi connectivity index (χ4v) is 5.35. The first-order valence-corrected chi connectivity index (χ1v) is 15.0. The summed E-state index contributed by atoms with van der Waals surface area (Å²) in [7, 11) is 4.01. The maximum absolute atomic E-state index is 5.93. The van der Waals surface area contributed by atoms with Crippen molar-refractivity contribution in [3.05, 3.63) is 49.1 Å². The Morgan fingerprint density at radius 3 is 1.32 bits per heavy atom. The first kappa shape index (κ1) is 34.7. The van der Waals surface area contributed by atoms with Crippen LogP contribution in [0.15, 0.2) is 49.1 Å². The standard InChI is InChI=1S/C28H38N6O2S2.2HI/c1-33-17-13-15-23(21-33)25-27(31-37-29-25)35-19-11-9-7-5-3-4-6-8-10-12-20-36-28-26(30-38-32-28)24-16-14-18-34(2)22-24;;/h13-18,21-22H,3-12,19-20H2,1-2H3;2*1H/q+2;;/p-2. The summed E-state index contributed by atoms with van der Waals surface area (Å²) < 4.78 is 33.4. The van der Waals surface area contributed by atoms with Crippen LogP contribution in [0.1, 0.15) is 64.2 Å². The third-order valence-electron chi connectivity index (χ3n) is 6.36. The van der Waals surface area contributed by atoms with Crippen molar-refractivity contribution in [2.45, 2.75) is 64.2 Å². The molecule has 0 fully saturated rings. The topological polar surface area (TPSA) is 77.8 Å². The van der Waals surface area contributed by atoms with Crippen molar-refractivity contribution < 1.29 is 66.6 Å². The van der Waals surface area contributed by atoms with Crippen LogP contribution in [-0.4, -0.2) is 30.7 Å². The van der Waals surface area contributed by atoms with E-state index in [1.165, 1.54) is 74.8 Å². The van der Waals surface area contributed by atoms with Gasteiger partial charge in [-0.15, -0.1) is 8.75 Å². The SMILES string of the molecule is C[n+]1cccc(-c2nsnc2OCCCCCCCCCCCCOc2nsnc2-c2ccc[n+](C)c2)c1.[I-].[I-]. The van der Waals surface area contributed by atoms with Gasteiger partial charge in [0.15, 0.2) is 36.2 Å². The Bertz CT molecular complexity index is 1160. The highest BCUT2D eigenvalue weighted by Crippen LogP contribution is 2.28. The van der Waals surface area contributed by atoms with Crippen LogP contribution in [0.4, 0.5) is 0 Å². The second-order valence-electron chi connectivity index (χ2n) is 9.58. The zero-order valence-electron chi connectivity index (χ0n) is 23.2. The number of pyridine rings is 2. The van der Waals surface area contributed by atoms with Gasteiger partial charge in [0.05, 0.1) is 47.8 Å². The molecule has 0 unspecified atom stereocenters. The van der Waals surface area contributed by atoms with E-state index in [2.05, 4.69) is 17.5 Å². The summed E-state index contributed by atoms with van der Waals surface area (Å²) >= 11 is 2.41. The maximum Gasteiger partial charge on any atom is 0.254 e. The van der Waals surface area contributed by atoms with E-state index in [1.807, 2.05) is 72.3 Å². The van der Waals surface area contributed by atoms with E-state index in [1.54, 1.807) is 0 Å². The Labute approximate surface area is 280 Å². The van der Waals surface area contributed by atoms with Crippen LogP contribution >= 0.6 is 23.5 Å². The lowest BCUT2D eigenvalue weighted by Gasteiger charge is -2.06. The second kappa shape index (κ2) is 19.6. The zero-order chi connectivity index (χ0) is 26.4. The van der Waals surface area contributed by atoms with Gasteiger partial charge < -0.3 is 57.4 Å². The normalized spacial score (nSPS) is 10.6. The van der Waals surface area contributed by atoms with Gasteiger partial charge in [0.25, 0.3) is 11.8 Å². The minimum atomic E-state index is 0. The molecule has 0 saturated heterocycles. The highest BCUT2D eigenvalue weighted by molar-refractivity contribution is 6.99. The van der Waals surface area contributed by atoms with Crippen LogP contribution in [-0.2, 0) is 14.1 Å². The molecule has 0 atom stereocenters. The zero-order valence-corrected chi connectivity index (χ0v) is 29.1. The molecular formula is C28H38I2N6O2S2. The lowest BCUT2D eigenvalue weighted by molar-refractivity contribution is -0.671. The van der Waals surface area contributed by atoms with Crippen molar-refractivity contribution in [1.29, 1.82) is 0 Å². The Hall–Kier alpha value is -1.52. The molecule has 8 nitrogen and oxygen atoms in total. The Morgan fingerprint density at radius 1 is 0.575 bits per heavy atom. The van der Waals surface area contributed by atoms with Crippen LogP contribution in [0.3, 0.4) is 0 Å². The number of nitrogens with zero attached hydrogens (tertiary/aromatic N) is 6. The van der Waals surface area contributed by atoms with Gasteiger partial charge in [-0.25, -0.2) is 9.13 Å². The third kappa shape index (κ3) is 11.4. The Kier molecular flexibility index (Phi) is 17.0. The van der Waals surface area contributed by atoms with E-state index >= 15 is 0 Å². The van der Waals surface area contributed by atoms with Gasteiger partial charge in [0.2, 0.25) is 0 Å². The van der Waals surface area contributed by atoms with E-state index in [-0.39, 0.29) is 48.0 Å². The summed E-state index contributed by atoms with van der Waals surface area (Å²) in [6, 6.07) is 8.10. The fraction of sp³-hybridized carbons (Fsp3) is 0.500. The Morgan fingerprint density at radius 2 is 0.950 bits per heavy atom. The molecule has 4 aromatic rings. The van der Waals surface area contributed by atoms with Gasteiger partial charge in [0.1, 0.15) is 14.1 Å². The van der Waals surface area contributed by atoms with Crippen molar-refractivity contribution >= 4 is 23.5 Å². The van der Waals surface area contributed by atoms with Crippen molar-refractivity contribution in [2.75, 3.05) is 13.2 Å². The number of rotatable bonds is 17. The molecule has 0 amide bonds. The van der Waals surface area contributed by atoms with Crippen LogP contribution in [0.2, 0.25) is 0 Å². The second-order valence-corrected chi connectivity index (χ2v) is 10.6. The predicted octanol–water partition coefficient (Wildman–Crippen LogP) is -0.261. The van der Waals surface area contributed by atoms with E-state index in [4.69, 9.17) is 9.47 Å². The molecule has 4 rings (SSSR count). The molecule has 40 heavy (non-hydrogen) atoms. The number of halogens is 2. The molecular weight excluding hydrogens is 770 g/mol. The number of unbranched alkanes of at least 4 members (excludes halogenated alkanes) is 9.